The monoisotopic (exact) mass is 404 g/mol. The molecule has 0 bridgehead atoms. The molecule has 0 radical (unpaired) electrons. The van der Waals surface area contributed by atoms with Crippen LogP contribution in [0.1, 0.15) is 23.6 Å². The van der Waals surface area contributed by atoms with E-state index in [4.69, 9.17) is 4.74 Å². The average molecular weight is 405 g/mol. The van der Waals surface area contributed by atoms with E-state index in [1.54, 1.807) is 19.1 Å². The minimum atomic E-state index is -3.62. The second kappa shape index (κ2) is 9.71. The number of sulfonamides is 1. The third kappa shape index (κ3) is 6.07. The standard InChI is InChI=1S/C21H28N2O4S/c1-16-10-11-20(14-17(16)2)23(28(4,25)26)18(3)21(24)22-12-13-27-15-19-8-6-5-7-9-19/h5-11,14,18H,12-13,15H2,1-4H3,(H,22,24). The number of hydrogen-bond acceptors (Lipinski definition) is 4. The topological polar surface area (TPSA) is 75.7 Å². The van der Waals surface area contributed by atoms with Gasteiger partial charge in [-0.1, -0.05) is 36.4 Å². The van der Waals surface area contributed by atoms with Crippen LogP contribution in [0.4, 0.5) is 5.69 Å². The number of nitrogens with zero attached hydrogens (tertiary/aromatic N) is 1. The van der Waals surface area contributed by atoms with Gasteiger partial charge in [-0.2, -0.15) is 0 Å². The fourth-order valence-electron chi connectivity index (χ4n) is 2.83. The van der Waals surface area contributed by atoms with Gasteiger partial charge in [0.05, 0.1) is 25.2 Å². The average Bonchev–Trinajstić information content (AvgIpc) is 2.64. The number of carbonyl (C=O) groups is 1. The largest absolute Gasteiger partial charge is 0.375 e. The van der Waals surface area contributed by atoms with Crippen LogP contribution in [0.3, 0.4) is 0 Å². The summed E-state index contributed by atoms with van der Waals surface area (Å²) in [5.74, 6) is -0.369. The summed E-state index contributed by atoms with van der Waals surface area (Å²) in [6, 6.07) is 14.2. The lowest BCUT2D eigenvalue weighted by Gasteiger charge is -2.28. The highest BCUT2D eigenvalue weighted by Crippen LogP contribution is 2.23. The molecule has 0 spiro atoms. The fraction of sp³-hybridized carbons (Fsp3) is 0.381. The van der Waals surface area contributed by atoms with Crippen molar-refractivity contribution in [3.63, 3.8) is 0 Å². The van der Waals surface area contributed by atoms with Gasteiger partial charge in [0.25, 0.3) is 0 Å². The zero-order valence-corrected chi connectivity index (χ0v) is 17.6. The highest BCUT2D eigenvalue weighted by molar-refractivity contribution is 7.92. The van der Waals surface area contributed by atoms with Crippen LogP contribution in [0, 0.1) is 13.8 Å². The molecular formula is C21H28N2O4S. The van der Waals surface area contributed by atoms with Crippen molar-refractivity contribution in [1.29, 1.82) is 0 Å². The van der Waals surface area contributed by atoms with E-state index in [1.165, 1.54) is 0 Å². The molecule has 0 fully saturated rings. The van der Waals surface area contributed by atoms with Crippen molar-refractivity contribution in [3.05, 3.63) is 65.2 Å². The van der Waals surface area contributed by atoms with Gasteiger partial charge in [0.2, 0.25) is 15.9 Å². The van der Waals surface area contributed by atoms with Crippen molar-refractivity contribution >= 4 is 21.6 Å². The normalized spacial score (nSPS) is 12.4. The van der Waals surface area contributed by atoms with E-state index < -0.39 is 16.1 Å². The molecule has 7 heteroatoms. The van der Waals surface area contributed by atoms with Crippen LogP contribution in [0.5, 0.6) is 0 Å². The lowest BCUT2D eigenvalue weighted by Crippen LogP contribution is -2.48. The summed E-state index contributed by atoms with van der Waals surface area (Å²) in [6.45, 7) is 6.56. The number of carbonyl (C=O) groups excluding carboxylic acids is 1. The molecule has 2 aromatic carbocycles. The summed E-state index contributed by atoms with van der Waals surface area (Å²) in [4.78, 5) is 12.5. The molecule has 28 heavy (non-hydrogen) atoms. The van der Waals surface area contributed by atoms with Gasteiger partial charge in [-0.15, -0.1) is 0 Å². The van der Waals surface area contributed by atoms with Crippen LogP contribution in [-0.4, -0.2) is 39.8 Å². The number of hydrogen-bond donors (Lipinski definition) is 1. The third-order valence-electron chi connectivity index (χ3n) is 4.49. The van der Waals surface area contributed by atoms with Crippen molar-refractivity contribution in [1.82, 2.24) is 5.32 Å². The molecule has 0 heterocycles. The summed E-state index contributed by atoms with van der Waals surface area (Å²) in [5.41, 5.74) is 3.56. The zero-order chi connectivity index (χ0) is 20.7. The van der Waals surface area contributed by atoms with Crippen LogP contribution >= 0.6 is 0 Å². The summed E-state index contributed by atoms with van der Waals surface area (Å²) >= 11 is 0. The van der Waals surface area contributed by atoms with Crippen molar-refractivity contribution < 1.29 is 17.9 Å². The van der Waals surface area contributed by atoms with Crippen molar-refractivity contribution in [2.75, 3.05) is 23.7 Å². The smallest absolute Gasteiger partial charge is 0.243 e. The van der Waals surface area contributed by atoms with E-state index in [0.717, 1.165) is 27.3 Å². The zero-order valence-electron chi connectivity index (χ0n) is 16.8. The van der Waals surface area contributed by atoms with Gasteiger partial charge in [-0.3, -0.25) is 9.10 Å². The van der Waals surface area contributed by atoms with Gasteiger partial charge in [0.15, 0.2) is 0 Å². The minimum absolute atomic E-state index is 0.306. The number of anilines is 1. The summed E-state index contributed by atoms with van der Waals surface area (Å²) < 4.78 is 31.4. The molecule has 0 aliphatic carbocycles. The predicted molar refractivity (Wildman–Crippen MR) is 112 cm³/mol. The second-order valence-corrected chi connectivity index (χ2v) is 8.69. The molecule has 0 aliphatic rings. The maximum Gasteiger partial charge on any atom is 0.243 e. The van der Waals surface area contributed by atoms with Gasteiger partial charge in [-0.25, -0.2) is 8.42 Å². The maximum atomic E-state index is 12.5. The Morgan fingerprint density at radius 2 is 1.79 bits per heavy atom. The number of nitrogens with one attached hydrogen (secondary N) is 1. The molecule has 0 saturated carbocycles. The first-order valence-corrected chi connectivity index (χ1v) is 11.0. The first-order chi connectivity index (χ1) is 13.2. The lowest BCUT2D eigenvalue weighted by atomic mass is 10.1. The van der Waals surface area contributed by atoms with E-state index in [9.17, 15) is 13.2 Å². The summed E-state index contributed by atoms with van der Waals surface area (Å²) in [7, 11) is -3.62. The Morgan fingerprint density at radius 1 is 1.11 bits per heavy atom. The minimum Gasteiger partial charge on any atom is -0.375 e. The Kier molecular flexibility index (Phi) is 7.60. The molecule has 1 N–H and O–H groups in total. The van der Waals surface area contributed by atoms with Gasteiger partial charge >= 0.3 is 0 Å². The van der Waals surface area contributed by atoms with Gasteiger partial charge < -0.3 is 10.1 Å². The van der Waals surface area contributed by atoms with Crippen LogP contribution in [0.15, 0.2) is 48.5 Å². The van der Waals surface area contributed by atoms with E-state index in [-0.39, 0.29) is 5.91 Å². The third-order valence-corrected chi connectivity index (χ3v) is 5.73. The van der Waals surface area contributed by atoms with Gasteiger partial charge in [0.1, 0.15) is 6.04 Å². The Bertz CT molecular complexity index is 898. The Morgan fingerprint density at radius 3 is 2.39 bits per heavy atom. The summed E-state index contributed by atoms with van der Waals surface area (Å²) in [5, 5.41) is 2.75. The van der Waals surface area contributed by atoms with Crippen LogP contribution in [0.2, 0.25) is 0 Å². The van der Waals surface area contributed by atoms with E-state index in [2.05, 4.69) is 5.32 Å². The highest BCUT2D eigenvalue weighted by atomic mass is 32.2. The molecular weight excluding hydrogens is 376 g/mol. The molecule has 152 valence electrons. The Labute approximate surface area is 167 Å². The first-order valence-electron chi connectivity index (χ1n) is 9.16. The molecule has 2 rings (SSSR count). The number of ether oxygens (including phenoxy) is 1. The highest BCUT2D eigenvalue weighted by Gasteiger charge is 2.29. The van der Waals surface area contributed by atoms with Crippen LogP contribution < -0.4 is 9.62 Å². The lowest BCUT2D eigenvalue weighted by molar-refractivity contribution is -0.122. The first kappa shape index (κ1) is 21.9. The predicted octanol–water partition coefficient (Wildman–Crippen LogP) is 2.79. The summed E-state index contributed by atoms with van der Waals surface area (Å²) in [6.07, 6.45) is 1.11. The van der Waals surface area contributed by atoms with Gasteiger partial charge in [-0.05, 0) is 49.6 Å². The Hall–Kier alpha value is -2.38. The second-order valence-electron chi connectivity index (χ2n) is 6.83. The number of amides is 1. The van der Waals surface area contributed by atoms with Crippen LogP contribution in [-0.2, 0) is 26.2 Å². The van der Waals surface area contributed by atoms with E-state index >= 15 is 0 Å². The quantitative estimate of drug-likeness (QED) is 0.652. The fourth-order valence-corrected chi connectivity index (χ4v) is 4.00. The molecule has 0 saturated heterocycles. The molecule has 2 aromatic rings. The Balaban J connectivity index is 1.95. The molecule has 6 nitrogen and oxygen atoms in total. The number of aryl methyl sites for hydroxylation is 2. The van der Waals surface area contributed by atoms with Crippen molar-refractivity contribution in [2.45, 2.75) is 33.4 Å². The van der Waals surface area contributed by atoms with E-state index in [1.807, 2.05) is 50.2 Å². The molecule has 0 aliphatic heterocycles. The van der Waals surface area contributed by atoms with Gasteiger partial charge in [0, 0.05) is 6.54 Å². The SMILES string of the molecule is Cc1ccc(N(C(C)C(=O)NCCOCc2ccccc2)S(C)(=O)=O)cc1C. The number of rotatable bonds is 9. The van der Waals surface area contributed by atoms with Crippen molar-refractivity contribution in [2.24, 2.45) is 0 Å². The maximum absolute atomic E-state index is 12.5. The molecule has 1 atom stereocenters. The molecule has 1 unspecified atom stereocenters. The van der Waals surface area contributed by atoms with Crippen molar-refractivity contribution in [3.8, 4) is 0 Å². The van der Waals surface area contributed by atoms with Crippen LogP contribution in [0.25, 0.3) is 0 Å². The van der Waals surface area contributed by atoms with E-state index in [0.29, 0.717) is 25.4 Å². The molecule has 0 aromatic heterocycles. The molecule has 1 amide bonds. The number of benzene rings is 2.